The first-order valence-corrected chi connectivity index (χ1v) is 15.5. The summed E-state index contributed by atoms with van der Waals surface area (Å²) in [6.45, 7) is 5.92. The lowest BCUT2D eigenvalue weighted by Crippen LogP contribution is -2.26. The number of rotatable bonds is 14. The van der Waals surface area contributed by atoms with Gasteiger partial charge in [-0.25, -0.2) is 0 Å². The van der Waals surface area contributed by atoms with Crippen LogP contribution in [0.25, 0.3) is 0 Å². The van der Waals surface area contributed by atoms with Crippen LogP contribution in [-0.4, -0.2) is 28.7 Å². The fourth-order valence-corrected chi connectivity index (χ4v) is 4.81. The van der Waals surface area contributed by atoms with Gasteiger partial charge in [0.25, 0.3) is 0 Å². The molecule has 0 amide bonds. The summed E-state index contributed by atoms with van der Waals surface area (Å²) in [6.07, 6.45) is 10.3. The molecule has 5 atom stereocenters. The Morgan fingerprint density at radius 1 is 1.20 bits per heavy atom. The minimum absolute atomic E-state index is 0.112. The van der Waals surface area contributed by atoms with Crippen molar-refractivity contribution < 1.29 is 24.0 Å². The third kappa shape index (κ3) is 9.95. The number of hydrogen-bond donors (Lipinski definition) is 1. The summed E-state index contributed by atoms with van der Waals surface area (Å²) >= 11 is 0. The molecule has 8 heteroatoms. The number of hydrogen-bond acceptors (Lipinski definition) is 5. The third-order valence-electron chi connectivity index (χ3n) is 6.19. The number of allylic oxidation sites excluding steroid dienone is 2. The van der Waals surface area contributed by atoms with Crippen LogP contribution in [0, 0.1) is 17.3 Å². The predicted octanol–water partition coefficient (Wildman–Crippen LogP) is 5.76. The third-order valence-corrected chi connectivity index (χ3v) is 7.24. The molecular formula is C22H39O5P3. The first kappa shape index (κ1) is 27.8. The number of ketones is 2. The van der Waals surface area contributed by atoms with E-state index in [-0.39, 0.29) is 41.2 Å². The molecule has 0 radical (unpaired) electrons. The average molecular weight is 476 g/mol. The van der Waals surface area contributed by atoms with E-state index < -0.39 is 13.6 Å². The van der Waals surface area contributed by atoms with Crippen LogP contribution in [0.3, 0.4) is 0 Å². The van der Waals surface area contributed by atoms with Gasteiger partial charge in [0, 0.05) is 30.6 Å². The van der Waals surface area contributed by atoms with E-state index in [0.717, 1.165) is 32.1 Å². The van der Waals surface area contributed by atoms with Gasteiger partial charge in [0.05, 0.1) is 6.10 Å². The zero-order valence-electron chi connectivity index (χ0n) is 18.6. The summed E-state index contributed by atoms with van der Waals surface area (Å²) in [7, 11) is 4.15. The van der Waals surface area contributed by atoms with Gasteiger partial charge in [-0.15, -0.1) is 0 Å². The van der Waals surface area contributed by atoms with Gasteiger partial charge in [-0.3, -0.25) is 14.4 Å². The van der Waals surface area contributed by atoms with Crippen LogP contribution in [0.2, 0.25) is 0 Å². The molecule has 1 rings (SSSR count). The van der Waals surface area contributed by atoms with Gasteiger partial charge in [0.2, 0.25) is 0 Å². The van der Waals surface area contributed by atoms with E-state index in [4.69, 9.17) is 4.52 Å². The van der Waals surface area contributed by atoms with Gasteiger partial charge < -0.3 is 9.63 Å². The fraction of sp³-hybridized carbons (Fsp3) is 0.773. The predicted molar refractivity (Wildman–Crippen MR) is 130 cm³/mol. The Balaban J connectivity index is 2.35. The molecule has 0 aromatic carbocycles. The summed E-state index contributed by atoms with van der Waals surface area (Å²) in [6, 6.07) is 0. The van der Waals surface area contributed by atoms with Crippen molar-refractivity contribution in [1.82, 2.24) is 0 Å². The van der Waals surface area contributed by atoms with Crippen molar-refractivity contribution >= 4 is 42.9 Å². The van der Waals surface area contributed by atoms with Crippen LogP contribution in [0.15, 0.2) is 12.2 Å². The van der Waals surface area contributed by atoms with E-state index in [9.17, 15) is 19.5 Å². The summed E-state index contributed by atoms with van der Waals surface area (Å²) in [5, 5.41) is 10.3. The van der Waals surface area contributed by atoms with Crippen molar-refractivity contribution in [2.24, 2.45) is 17.3 Å². The molecule has 30 heavy (non-hydrogen) atoms. The Hall–Kier alpha value is -0.200. The van der Waals surface area contributed by atoms with E-state index in [1.807, 2.05) is 26.8 Å². The van der Waals surface area contributed by atoms with Crippen molar-refractivity contribution in [2.75, 3.05) is 0 Å². The van der Waals surface area contributed by atoms with Crippen LogP contribution >= 0.6 is 25.4 Å². The van der Waals surface area contributed by atoms with Crippen LogP contribution in [0.5, 0.6) is 0 Å². The first-order valence-electron chi connectivity index (χ1n) is 11.0. The van der Waals surface area contributed by atoms with E-state index in [1.165, 1.54) is 0 Å². The number of Topliss-reactive ketones (excluding diaryl/α,β-unsaturated/α-hetero) is 2. The lowest BCUT2D eigenvalue weighted by atomic mass is 9.80. The number of carbonyl (C=O) groups excluding carboxylic acids is 3. The summed E-state index contributed by atoms with van der Waals surface area (Å²) < 4.78 is 5.10. The molecule has 0 saturated heterocycles. The van der Waals surface area contributed by atoms with E-state index in [0.29, 0.717) is 25.7 Å². The van der Waals surface area contributed by atoms with Gasteiger partial charge in [0.1, 0.15) is 19.1 Å². The van der Waals surface area contributed by atoms with Crippen molar-refractivity contribution in [2.45, 2.75) is 91.1 Å². The number of aliphatic hydroxyl groups is 1. The zero-order valence-corrected chi connectivity index (χ0v) is 21.8. The Labute approximate surface area is 187 Å². The SMILES string of the molecule is CCC(C)(C)C(=O)CC[C@H]1C(O)CC(=O)C1C/C=C\CCCCCC(=O)OP(P)P. The van der Waals surface area contributed by atoms with Gasteiger partial charge >= 0.3 is 5.97 Å². The van der Waals surface area contributed by atoms with Crippen molar-refractivity contribution in [3.63, 3.8) is 0 Å². The fourth-order valence-electron chi connectivity index (χ4n) is 3.78. The minimum atomic E-state index is -0.793. The number of unbranched alkanes of at least 4 members (excludes halogenated alkanes) is 3. The molecule has 172 valence electrons. The molecule has 1 aliphatic carbocycles. The first-order chi connectivity index (χ1) is 14.1. The standard InChI is InChI=1S/C22H39O5P3/c1-4-22(2,3)20(25)14-13-17-16(18(23)15-19(17)24)11-9-7-5-6-8-10-12-21(26)27-30(28)29/h7,9,16-17,19,24H,4-6,8,10-15,28-29H2,1-3H3/b9-7-/t16?,17-,19?/m1/s1. The molecule has 0 heterocycles. The molecule has 4 unspecified atom stereocenters. The van der Waals surface area contributed by atoms with Crippen LogP contribution in [0.1, 0.15) is 85.0 Å². The van der Waals surface area contributed by atoms with E-state index in [2.05, 4.69) is 23.9 Å². The van der Waals surface area contributed by atoms with Crippen LogP contribution in [0.4, 0.5) is 0 Å². The van der Waals surface area contributed by atoms with E-state index in [1.54, 1.807) is 0 Å². The smallest absolute Gasteiger partial charge is 0.309 e. The molecule has 1 fully saturated rings. The van der Waals surface area contributed by atoms with Crippen molar-refractivity contribution in [1.29, 1.82) is 0 Å². The van der Waals surface area contributed by atoms with Crippen LogP contribution < -0.4 is 0 Å². The highest BCUT2D eigenvalue weighted by Gasteiger charge is 2.41. The second-order valence-corrected chi connectivity index (χ2v) is 14.6. The summed E-state index contributed by atoms with van der Waals surface area (Å²) in [5.41, 5.74) is -0.340. The van der Waals surface area contributed by atoms with Gasteiger partial charge in [-0.2, -0.15) is 0 Å². The van der Waals surface area contributed by atoms with Gasteiger partial charge in [-0.1, -0.05) is 57.2 Å². The lowest BCUT2D eigenvalue weighted by Gasteiger charge is -2.24. The number of aliphatic hydroxyl groups excluding tert-OH is 1. The average Bonchev–Trinajstić information content (AvgIpc) is 2.93. The molecule has 0 aliphatic heterocycles. The second kappa shape index (κ2) is 14.1. The molecule has 0 bridgehead atoms. The van der Waals surface area contributed by atoms with Gasteiger partial charge in [0.15, 0.2) is 0 Å². The molecule has 0 spiro atoms. The largest absolute Gasteiger partial charge is 0.437 e. The summed E-state index contributed by atoms with van der Waals surface area (Å²) in [4.78, 5) is 36.2. The molecule has 1 aliphatic rings. The molecule has 0 aromatic rings. The molecule has 5 nitrogen and oxygen atoms in total. The van der Waals surface area contributed by atoms with Crippen molar-refractivity contribution in [3.8, 4) is 0 Å². The highest BCUT2D eigenvalue weighted by atomic mass is 32.4. The Morgan fingerprint density at radius 3 is 2.53 bits per heavy atom. The minimum Gasteiger partial charge on any atom is -0.437 e. The Bertz CT molecular complexity index is 604. The molecular weight excluding hydrogens is 437 g/mol. The second-order valence-electron chi connectivity index (χ2n) is 8.84. The topological polar surface area (TPSA) is 80.7 Å². The van der Waals surface area contributed by atoms with Gasteiger partial charge in [-0.05, 0) is 44.4 Å². The van der Waals surface area contributed by atoms with E-state index >= 15 is 0 Å². The highest BCUT2D eigenvalue weighted by molar-refractivity contribution is 8.41. The van der Waals surface area contributed by atoms with Crippen LogP contribution in [-0.2, 0) is 18.9 Å². The summed E-state index contributed by atoms with van der Waals surface area (Å²) in [5.74, 6) is -0.129. The molecule has 1 saturated carbocycles. The molecule has 0 aromatic heterocycles. The quantitative estimate of drug-likeness (QED) is 0.196. The maximum atomic E-state index is 12.4. The van der Waals surface area contributed by atoms with Crippen molar-refractivity contribution in [3.05, 3.63) is 12.2 Å². The maximum absolute atomic E-state index is 12.4. The monoisotopic (exact) mass is 476 g/mol. The number of carbonyl (C=O) groups is 3. The highest BCUT2D eigenvalue weighted by Crippen LogP contribution is 2.53. The maximum Gasteiger partial charge on any atom is 0.309 e. The zero-order chi connectivity index (χ0) is 22.7. The Kier molecular flexibility index (Phi) is 13.0. The normalized spacial score (nSPS) is 22.2. The lowest BCUT2D eigenvalue weighted by molar-refractivity contribution is -0.133. The molecule has 1 N–H and O–H groups in total. The Morgan fingerprint density at radius 2 is 1.90 bits per heavy atom.